The molecule has 1 fully saturated rings. The minimum atomic E-state index is 0.350. The molecule has 0 spiro atoms. The maximum Gasteiger partial charge on any atom is 0.223 e. The molecule has 7 nitrogen and oxygen atoms in total. The topological polar surface area (TPSA) is 77.2 Å². The molecule has 0 aliphatic carbocycles. The van der Waals surface area contributed by atoms with Crippen molar-refractivity contribution in [2.24, 2.45) is 0 Å². The van der Waals surface area contributed by atoms with Crippen LogP contribution in [0.1, 0.15) is 47.3 Å². The first-order chi connectivity index (χ1) is 13.3. The Bertz CT molecular complexity index is 963. The number of hydrogen-bond donors (Lipinski definition) is 0. The summed E-state index contributed by atoms with van der Waals surface area (Å²) in [6.07, 6.45) is 4.43. The molecular formula is C20H21N5O2. The van der Waals surface area contributed by atoms with Crippen molar-refractivity contribution in [1.29, 1.82) is 0 Å². The standard InChI is InChI=1S/C20H21N5O2/c1-13-23-19(24-27-13)14-6-8-25(9-7-14)20-16-10-15-4-2-3-5-18(15)26-11-17(16)21-12-22-20/h2-5,12,14H,6-11H2,1H3. The van der Waals surface area contributed by atoms with E-state index in [1.165, 1.54) is 11.1 Å². The fraction of sp³-hybridized carbons (Fsp3) is 0.400. The van der Waals surface area contributed by atoms with Crippen LogP contribution < -0.4 is 9.64 Å². The average Bonchev–Trinajstić information content (AvgIpc) is 3.05. The van der Waals surface area contributed by atoms with Crippen LogP contribution in [0.5, 0.6) is 5.75 Å². The summed E-state index contributed by atoms with van der Waals surface area (Å²) in [5, 5.41) is 4.10. The Morgan fingerprint density at radius 3 is 2.78 bits per heavy atom. The summed E-state index contributed by atoms with van der Waals surface area (Å²) in [6, 6.07) is 8.19. The van der Waals surface area contributed by atoms with E-state index in [1.54, 1.807) is 6.33 Å². The highest BCUT2D eigenvalue weighted by Crippen LogP contribution is 2.34. The summed E-state index contributed by atoms with van der Waals surface area (Å²) in [6.45, 7) is 4.16. The molecule has 0 saturated carbocycles. The van der Waals surface area contributed by atoms with Crippen LogP contribution in [0.25, 0.3) is 0 Å². The molecule has 4 heterocycles. The van der Waals surface area contributed by atoms with E-state index < -0.39 is 0 Å². The molecule has 0 atom stereocenters. The van der Waals surface area contributed by atoms with Gasteiger partial charge in [0.25, 0.3) is 0 Å². The lowest BCUT2D eigenvalue weighted by atomic mass is 9.95. The smallest absolute Gasteiger partial charge is 0.223 e. The van der Waals surface area contributed by atoms with E-state index in [-0.39, 0.29) is 0 Å². The third-order valence-corrected chi connectivity index (χ3v) is 5.42. The van der Waals surface area contributed by atoms with Crippen LogP contribution in [0.15, 0.2) is 35.1 Å². The number of benzene rings is 1. The summed E-state index contributed by atoms with van der Waals surface area (Å²) in [5.74, 6) is 3.78. The predicted molar refractivity (Wildman–Crippen MR) is 98.8 cm³/mol. The second-order valence-electron chi connectivity index (χ2n) is 7.13. The van der Waals surface area contributed by atoms with Gasteiger partial charge in [0, 0.05) is 37.9 Å². The number of piperidine rings is 1. The molecule has 1 saturated heterocycles. The van der Waals surface area contributed by atoms with Crippen LogP contribution in [0.3, 0.4) is 0 Å². The maximum atomic E-state index is 5.96. The lowest BCUT2D eigenvalue weighted by Crippen LogP contribution is -2.34. The van der Waals surface area contributed by atoms with Crippen LogP contribution in [0.2, 0.25) is 0 Å². The van der Waals surface area contributed by atoms with Crippen LogP contribution in [-0.2, 0) is 13.0 Å². The third-order valence-electron chi connectivity index (χ3n) is 5.42. The molecule has 1 aromatic carbocycles. The van der Waals surface area contributed by atoms with Gasteiger partial charge in [0.1, 0.15) is 24.5 Å². The first-order valence-corrected chi connectivity index (χ1v) is 9.36. The van der Waals surface area contributed by atoms with Crippen molar-refractivity contribution in [2.75, 3.05) is 18.0 Å². The summed E-state index contributed by atoms with van der Waals surface area (Å²) in [7, 11) is 0. The second kappa shape index (κ2) is 6.64. The van der Waals surface area contributed by atoms with Gasteiger partial charge in [-0.2, -0.15) is 4.98 Å². The Balaban J connectivity index is 1.40. The monoisotopic (exact) mass is 363 g/mol. The largest absolute Gasteiger partial charge is 0.487 e. The number of ether oxygens (including phenoxy) is 1. The summed E-state index contributed by atoms with van der Waals surface area (Å²) >= 11 is 0. The summed E-state index contributed by atoms with van der Waals surface area (Å²) in [5.41, 5.74) is 3.34. The van der Waals surface area contributed by atoms with Gasteiger partial charge in [-0.25, -0.2) is 9.97 Å². The molecule has 5 rings (SSSR count). The molecule has 2 aromatic heterocycles. The molecule has 0 amide bonds. The third kappa shape index (κ3) is 3.03. The summed E-state index contributed by atoms with van der Waals surface area (Å²) < 4.78 is 11.1. The lowest BCUT2D eigenvalue weighted by molar-refractivity contribution is 0.302. The minimum absolute atomic E-state index is 0.350. The van der Waals surface area contributed by atoms with Crippen molar-refractivity contribution in [3.63, 3.8) is 0 Å². The Labute approximate surface area is 157 Å². The van der Waals surface area contributed by atoms with Crippen LogP contribution >= 0.6 is 0 Å². The quantitative estimate of drug-likeness (QED) is 0.692. The first kappa shape index (κ1) is 16.2. The number of anilines is 1. The van der Waals surface area contributed by atoms with Gasteiger partial charge in [0.2, 0.25) is 5.89 Å². The van der Waals surface area contributed by atoms with Crippen molar-refractivity contribution < 1.29 is 9.26 Å². The maximum absolute atomic E-state index is 5.96. The average molecular weight is 363 g/mol. The normalized spacial score (nSPS) is 17.0. The fourth-order valence-electron chi connectivity index (χ4n) is 3.97. The van der Waals surface area contributed by atoms with E-state index in [2.05, 4.69) is 37.1 Å². The number of rotatable bonds is 2. The van der Waals surface area contributed by atoms with E-state index in [1.807, 2.05) is 19.1 Å². The van der Waals surface area contributed by atoms with Crippen molar-refractivity contribution in [2.45, 2.75) is 38.7 Å². The van der Waals surface area contributed by atoms with E-state index in [9.17, 15) is 0 Å². The molecule has 0 unspecified atom stereocenters. The Kier molecular flexibility index (Phi) is 3.99. The molecule has 0 bridgehead atoms. The molecule has 3 aromatic rings. The van der Waals surface area contributed by atoms with Crippen molar-refractivity contribution in [1.82, 2.24) is 20.1 Å². The van der Waals surface area contributed by atoms with Gasteiger partial charge in [-0.1, -0.05) is 23.4 Å². The molecule has 7 heteroatoms. The zero-order valence-corrected chi connectivity index (χ0v) is 15.3. The van der Waals surface area contributed by atoms with Gasteiger partial charge >= 0.3 is 0 Å². The SMILES string of the molecule is Cc1nc(C2CCN(c3ncnc4c3Cc3ccccc3OC4)CC2)no1. The minimum Gasteiger partial charge on any atom is -0.487 e. The predicted octanol–water partition coefficient (Wildman–Crippen LogP) is 3.04. The Morgan fingerprint density at radius 2 is 1.96 bits per heavy atom. The molecule has 27 heavy (non-hydrogen) atoms. The number of para-hydroxylation sites is 1. The first-order valence-electron chi connectivity index (χ1n) is 9.36. The van der Waals surface area contributed by atoms with Gasteiger partial charge < -0.3 is 14.2 Å². The van der Waals surface area contributed by atoms with Gasteiger partial charge in [-0.15, -0.1) is 0 Å². The van der Waals surface area contributed by atoms with Gasteiger partial charge in [-0.05, 0) is 24.5 Å². The number of aromatic nitrogens is 4. The Hall–Kier alpha value is -2.96. The Morgan fingerprint density at radius 1 is 1.11 bits per heavy atom. The lowest BCUT2D eigenvalue weighted by Gasteiger charge is -2.32. The number of nitrogens with zero attached hydrogens (tertiary/aromatic N) is 5. The highest BCUT2D eigenvalue weighted by atomic mass is 16.5. The second-order valence-corrected chi connectivity index (χ2v) is 7.13. The van der Waals surface area contributed by atoms with Gasteiger partial charge in [0.15, 0.2) is 5.82 Å². The zero-order valence-electron chi connectivity index (χ0n) is 15.3. The van der Waals surface area contributed by atoms with E-state index >= 15 is 0 Å². The van der Waals surface area contributed by atoms with Crippen molar-refractivity contribution in [3.05, 3.63) is 59.1 Å². The van der Waals surface area contributed by atoms with E-state index in [0.717, 1.165) is 55.4 Å². The molecule has 0 radical (unpaired) electrons. The highest BCUT2D eigenvalue weighted by Gasteiger charge is 2.28. The molecule has 2 aliphatic heterocycles. The number of fused-ring (bicyclic) bond motifs is 2. The summed E-state index contributed by atoms with van der Waals surface area (Å²) in [4.78, 5) is 15.9. The van der Waals surface area contributed by atoms with Crippen molar-refractivity contribution >= 4 is 5.82 Å². The van der Waals surface area contributed by atoms with E-state index in [0.29, 0.717) is 18.4 Å². The number of aryl methyl sites for hydroxylation is 1. The van der Waals surface area contributed by atoms with Crippen LogP contribution in [0.4, 0.5) is 5.82 Å². The number of hydrogen-bond acceptors (Lipinski definition) is 7. The van der Waals surface area contributed by atoms with E-state index in [4.69, 9.17) is 9.26 Å². The van der Waals surface area contributed by atoms with Crippen LogP contribution in [-0.4, -0.2) is 33.2 Å². The molecule has 2 aliphatic rings. The van der Waals surface area contributed by atoms with Crippen LogP contribution in [0, 0.1) is 6.92 Å². The fourth-order valence-corrected chi connectivity index (χ4v) is 3.97. The molecular weight excluding hydrogens is 342 g/mol. The van der Waals surface area contributed by atoms with Gasteiger partial charge in [-0.3, -0.25) is 0 Å². The van der Waals surface area contributed by atoms with Gasteiger partial charge in [0.05, 0.1) is 5.69 Å². The van der Waals surface area contributed by atoms with Crippen molar-refractivity contribution in [3.8, 4) is 5.75 Å². The molecule has 138 valence electrons. The highest BCUT2D eigenvalue weighted by molar-refractivity contribution is 5.53. The zero-order chi connectivity index (χ0) is 18.2. The molecule has 0 N–H and O–H groups in total.